The SMILES string of the molecule is CCCCCCC(CCCC)C(=O)OCCCCCC(=O)OCC(COC(=O)CCCCCOC(=O)C(CCCC)CCCCCC)OC(=O)CCCN(C)C. The number of nitrogens with zero attached hydrogens (tertiary/aromatic N) is 1. The first kappa shape index (κ1) is 53.3. The van der Waals surface area contributed by atoms with Gasteiger partial charge in [0.2, 0.25) is 0 Å². The van der Waals surface area contributed by atoms with Gasteiger partial charge in [-0.25, -0.2) is 0 Å². The molecule has 0 heterocycles. The van der Waals surface area contributed by atoms with E-state index in [0.717, 1.165) is 83.6 Å². The van der Waals surface area contributed by atoms with Crippen molar-refractivity contribution in [1.82, 2.24) is 4.90 Å². The molecule has 0 spiro atoms. The third-order valence-corrected chi connectivity index (χ3v) is 9.98. The molecule has 0 aliphatic rings. The number of carbonyl (C=O) groups is 5. The number of hydrogen-bond donors (Lipinski definition) is 0. The molecule has 0 saturated carbocycles. The van der Waals surface area contributed by atoms with Crippen molar-refractivity contribution >= 4 is 29.8 Å². The van der Waals surface area contributed by atoms with Crippen LogP contribution in [0.1, 0.15) is 195 Å². The van der Waals surface area contributed by atoms with Gasteiger partial charge in [-0.1, -0.05) is 105 Å². The second kappa shape index (κ2) is 37.9. The van der Waals surface area contributed by atoms with Gasteiger partial charge < -0.3 is 28.6 Å². The summed E-state index contributed by atoms with van der Waals surface area (Å²) in [5.74, 6) is -1.56. The van der Waals surface area contributed by atoms with E-state index in [9.17, 15) is 24.0 Å². The van der Waals surface area contributed by atoms with Crippen LogP contribution in [0.2, 0.25) is 0 Å². The van der Waals surface area contributed by atoms with Crippen LogP contribution in [0, 0.1) is 11.8 Å². The van der Waals surface area contributed by atoms with Gasteiger partial charge in [0.25, 0.3) is 0 Å². The van der Waals surface area contributed by atoms with E-state index in [0.29, 0.717) is 58.2 Å². The van der Waals surface area contributed by atoms with E-state index in [1.165, 1.54) is 25.7 Å². The fourth-order valence-electron chi connectivity index (χ4n) is 6.39. The first-order valence-corrected chi connectivity index (χ1v) is 22.6. The summed E-state index contributed by atoms with van der Waals surface area (Å²) in [5, 5.41) is 0. The molecule has 0 aliphatic carbocycles. The zero-order chi connectivity index (χ0) is 41.7. The van der Waals surface area contributed by atoms with E-state index < -0.39 is 24.0 Å². The minimum atomic E-state index is -0.904. The standard InChI is InChI=1S/C45H83NO10/c1-7-11-15-19-28-38(26-13-9-3)44(50)52-34-23-17-21-30-41(47)54-36-40(56-43(49)32-25-33-46(5)6)37-55-42(48)31-22-18-24-35-53-45(51)39(27-14-10-4)29-20-16-12-8-2/h38-40H,7-37H2,1-6H3. The molecule has 0 aromatic carbocycles. The third kappa shape index (κ3) is 32.4. The van der Waals surface area contributed by atoms with E-state index >= 15 is 0 Å². The van der Waals surface area contributed by atoms with Crippen molar-refractivity contribution in [3.05, 3.63) is 0 Å². The Hall–Kier alpha value is -2.69. The first-order chi connectivity index (χ1) is 27.1. The normalized spacial score (nSPS) is 12.8. The first-order valence-electron chi connectivity index (χ1n) is 22.6. The van der Waals surface area contributed by atoms with E-state index in [1.54, 1.807) is 0 Å². The summed E-state index contributed by atoms with van der Waals surface area (Å²) >= 11 is 0. The largest absolute Gasteiger partial charge is 0.465 e. The number of rotatable bonds is 39. The smallest absolute Gasteiger partial charge is 0.308 e. The Bertz CT molecular complexity index is 939. The van der Waals surface area contributed by atoms with Gasteiger partial charge in [-0.15, -0.1) is 0 Å². The molecule has 11 nitrogen and oxygen atoms in total. The van der Waals surface area contributed by atoms with Crippen molar-refractivity contribution in [2.75, 3.05) is 47.1 Å². The van der Waals surface area contributed by atoms with Gasteiger partial charge in [0.1, 0.15) is 13.2 Å². The second-order valence-corrected chi connectivity index (χ2v) is 15.7. The minimum absolute atomic E-state index is 0.0305. The van der Waals surface area contributed by atoms with Crippen LogP contribution >= 0.6 is 0 Å². The van der Waals surface area contributed by atoms with Gasteiger partial charge in [-0.2, -0.15) is 0 Å². The van der Waals surface area contributed by atoms with Crippen LogP contribution in [0.4, 0.5) is 0 Å². The van der Waals surface area contributed by atoms with Crippen molar-refractivity contribution < 1.29 is 47.7 Å². The van der Waals surface area contributed by atoms with Crippen LogP contribution in [0.15, 0.2) is 0 Å². The summed E-state index contributed by atoms with van der Waals surface area (Å²) in [6.07, 6.45) is 21.0. The third-order valence-electron chi connectivity index (χ3n) is 9.98. The Morgan fingerprint density at radius 1 is 0.429 bits per heavy atom. The lowest BCUT2D eigenvalue weighted by Crippen LogP contribution is -2.31. The van der Waals surface area contributed by atoms with Crippen LogP contribution in [0.5, 0.6) is 0 Å². The molecule has 11 heteroatoms. The maximum atomic E-state index is 12.7. The van der Waals surface area contributed by atoms with Gasteiger partial charge in [-0.3, -0.25) is 24.0 Å². The van der Waals surface area contributed by atoms with E-state index in [-0.39, 0.29) is 56.3 Å². The number of unbranched alkanes of at least 4 members (excludes halogenated alkanes) is 12. The maximum Gasteiger partial charge on any atom is 0.308 e. The molecule has 0 amide bonds. The van der Waals surface area contributed by atoms with Crippen molar-refractivity contribution in [1.29, 1.82) is 0 Å². The highest BCUT2D eigenvalue weighted by molar-refractivity contribution is 5.73. The summed E-state index contributed by atoms with van der Waals surface area (Å²) < 4.78 is 27.6. The second-order valence-electron chi connectivity index (χ2n) is 15.7. The molecule has 0 saturated heterocycles. The summed E-state index contributed by atoms with van der Waals surface area (Å²) in [6.45, 7) is 9.62. The number of esters is 5. The molecule has 2 unspecified atom stereocenters. The Kier molecular flexibility index (Phi) is 36.0. The molecule has 0 aromatic rings. The zero-order valence-electron chi connectivity index (χ0n) is 36.7. The molecule has 0 bridgehead atoms. The highest BCUT2D eigenvalue weighted by atomic mass is 16.6. The van der Waals surface area contributed by atoms with Gasteiger partial charge in [0.15, 0.2) is 6.10 Å². The van der Waals surface area contributed by atoms with E-state index in [1.807, 2.05) is 19.0 Å². The quantitative estimate of drug-likeness (QED) is 0.0334. The fraction of sp³-hybridized carbons (Fsp3) is 0.889. The lowest BCUT2D eigenvalue weighted by Gasteiger charge is -2.18. The van der Waals surface area contributed by atoms with Crippen LogP contribution in [-0.2, 0) is 47.7 Å². The van der Waals surface area contributed by atoms with Crippen molar-refractivity contribution in [2.24, 2.45) is 11.8 Å². The molecule has 0 rings (SSSR count). The molecule has 0 fully saturated rings. The Labute approximate surface area is 341 Å². The van der Waals surface area contributed by atoms with Gasteiger partial charge in [-0.05, 0) is 91.3 Å². The molecule has 0 aromatic heterocycles. The molecule has 328 valence electrons. The van der Waals surface area contributed by atoms with Crippen LogP contribution in [0.3, 0.4) is 0 Å². The number of carbonyl (C=O) groups excluding carboxylic acids is 5. The summed E-state index contributed by atoms with van der Waals surface area (Å²) in [7, 11) is 3.85. The predicted molar refractivity (Wildman–Crippen MR) is 222 cm³/mol. The lowest BCUT2D eigenvalue weighted by atomic mass is 9.95. The maximum absolute atomic E-state index is 12.7. The molecular formula is C45H83NO10. The van der Waals surface area contributed by atoms with Gasteiger partial charge in [0.05, 0.1) is 25.0 Å². The Morgan fingerprint density at radius 2 is 0.821 bits per heavy atom. The van der Waals surface area contributed by atoms with Crippen molar-refractivity contribution in [3.63, 3.8) is 0 Å². The highest BCUT2D eigenvalue weighted by Gasteiger charge is 2.22. The van der Waals surface area contributed by atoms with Crippen LogP contribution in [-0.4, -0.2) is 87.9 Å². The molecular weight excluding hydrogens is 714 g/mol. The van der Waals surface area contributed by atoms with Crippen LogP contribution < -0.4 is 0 Å². The minimum Gasteiger partial charge on any atom is -0.465 e. The Morgan fingerprint density at radius 3 is 1.23 bits per heavy atom. The van der Waals surface area contributed by atoms with E-state index in [2.05, 4.69) is 27.7 Å². The average Bonchev–Trinajstić information content (AvgIpc) is 3.17. The topological polar surface area (TPSA) is 135 Å². The van der Waals surface area contributed by atoms with Gasteiger partial charge >= 0.3 is 29.8 Å². The zero-order valence-corrected chi connectivity index (χ0v) is 36.7. The number of hydrogen-bond acceptors (Lipinski definition) is 11. The molecule has 0 aliphatic heterocycles. The molecule has 0 N–H and O–H groups in total. The highest BCUT2D eigenvalue weighted by Crippen LogP contribution is 2.21. The van der Waals surface area contributed by atoms with E-state index in [4.69, 9.17) is 23.7 Å². The van der Waals surface area contributed by atoms with Crippen molar-refractivity contribution in [3.8, 4) is 0 Å². The Balaban J connectivity index is 4.61. The van der Waals surface area contributed by atoms with Gasteiger partial charge in [0, 0.05) is 19.3 Å². The molecule has 0 radical (unpaired) electrons. The molecule has 2 atom stereocenters. The summed E-state index contributed by atoms with van der Waals surface area (Å²) in [6, 6.07) is 0. The number of ether oxygens (including phenoxy) is 5. The van der Waals surface area contributed by atoms with Crippen LogP contribution in [0.25, 0.3) is 0 Å². The summed E-state index contributed by atoms with van der Waals surface area (Å²) in [5.41, 5.74) is 0. The average molecular weight is 798 g/mol. The lowest BCUT2D eigenvalue weighted by molar-refractivity contribution is -0.167. The molecule has 56 heavy (non-hydrogen) atoms. The monoisotopic (exact) mass is 798 g/mol. The summed E-state index contributed by atoms with van der Waals surface area (Å²) in [4.78, 5) is 64.9. The fourth-order valence-corrected chi connectivity index (χ4v) is 6.39. The van der Waals surface area contributed by atoms with Crippen molar-refractivity contribution in [2.45, 2.75) is 201 Å². The predicted octanol–water partition coefficient (Wildman–Crippen LogP) is 10.1.